The lowest BCUT2D eigenvalue weighted by molar-refractivity contribution is 0.289. The number of nitrogens with zero attached hydrogens (tertiary/aromatic N) is 3. The molecule has 1 saturated carbocycles. The monoisotopic (exact) mass is 293 g/mol. The Balaban J connectivity index is 2.01. The maximum Gasteiger partial charge on any atom is 0.159 e. The van der Waals surface area contributed by atoms with E-state index in [1.807, 2.05) is 13.8 Å². The molecule has 3 N–H and O–H groups in total. The van der Waals surface area contributed by atoms with Crippen LogP contribution in [-0.2, 0) is 0 Å². The topological polar surface area (TPSA) is 67.1 Å². The highest BCUT2D eigenvalue weighted by Crippen LogP contribution is 2.26. The number of anilines is 1. The molecule has 5 nitrogen and oxygen atoms in total. The molecule has 0 spiro atoms. The molecule has 6 heteroatoms. The summed E-state index contributed by atoms with van der Waals surface area (Å²) in [5.41, 5.74) is 8.51. The van der Waals surface area contributed by atoms with Gasteiger partial charge in [-0.2, -0.15) is 5.10 Å². The normalized spacial score (nSPS) is 14.6. The van der Waals surface area contributed by atoms with Crippen molar-refractivity contribution in [3.8, 4) is 0 Å². The van der Waals surface area contributed by atoms with Crippen LogP contribution < -0.4 is 11.1 Å². The zero-order valence-electron chi connectivity index (χ0n) is 12.4. The molecule has 20 heavy (non-hydrogen) atoms. The average Bonchev–Trinajstić information content (AvgIpc) is 3.22. The first kappa shape index (κ1) is 15.1. The molecule has 110 valence electrons. The molecule has 0 unspecified atom stereocenters. The second kappa shape index (κ2) is 6.45. The second-order valence-electron chi connectivity index (χ2n) is 5.28. The van der Waals surface area contributed by atoms with Gasteiger partial charge in [0.25, 0.3) is 0 Å². The SMILES string of the molecule is CCN(CCNc1nnc(C)c(C)c1C(N)=S)C1CC1. The molecule has 2 rings (SSSR count). The van der Waals surface area contributed by atoms with Crippen molar-refractivity contribution >= 4 is 23.0 Å². The van der Waals surface area contributed by atoms with E-state index < -0.39 is 0 Å². The molecular weight excluding hydrogens is 270 g/mol. The van der Waals surface area contributed by atoms with Crippen molar-refractivity contribution in [2.24, 2.45) is 5.73 Å². The third kappa shape index (κ3) is 3.43. The van der Waals surface area contributed by atoms with Gasteiger partial charge in [-0.3, -0.25) is 4.90 Å². The molecule has 0 bridgehead atoms. The van der Waals surface area contributed by atoms with Crippen molar-refractivity contribution in [1.82, 2.24) is 15.1 Å². The van der Waals surface area contributed by atoms with E-state index in [0.717, 1.165) is 42.5 Å². The number of hydrogen-bond donors (Lipinski definition) is 2. The lowest BCUT2D eigenvalue weighted by Gasteiger charge is -2.20. The minimum Gasteiger partial charge on any atom is -0.389 e. The van der Waals surface area contributed by atoms with Gasteiger partial charge >= 0.3 is 0 Å². The summed E-state index contributed by atoms with van der Waals surface area (Å²) in [6.45, 7) is 9.03. The fraction of sp³-hybridized carbons (Fsp3) is 0.643. The molecule has 1 aliphatic rings. The number of nitrogens with one attached hydrogen (secondary N) is 1. The molecule has 0 radical (unpaired) electrons. The van der Waals surface area contributed by atoms with E-state index in [2.05, 4.69) is 27.3 Å². The van der Waals surface area contributed by atoms with Gasteiger partial charge < -0.3 is 11.1 Å². The Hall–Kier alpha value is -1.27. The summed E-state index contributed by atoms with van der Waals surface area (Å²) in [6.07, 6.45) is 2.66. The minimum atomic E-state index is 0.373. The van der Waals surface area contributed by atoms with Crippen LogP contribution in [-0.4, -0.2) is 45.8 Å². The molecule has 0 aliphatic heterocycles. The Bertz CT molecular complexity index is 499. The summed E-state index contributed by atoms with van der Waals surface area (Å²) in [4.78, 5) is 2.86. The number of thiocarbonyl (C=S) groups is 1. The minimum absolute atomic E-state index is 0.373. The first-order valence-electron chi connectivity index (χ1n) is 7.16. The van der Waals surface area contributed by atoms with E-state index in [0.29, 0.717) is 10.8 Å². The van der Waals surface area contributed by atoms with E-state index >= 15 is 0 Å². The number of hydrogen-bond acceptors (Lipinski definition) is 5. The van der Waals surface area contributed by atoms with Gasteiger partial charge in [0.2, 0.25) is 0 Å². The standard InChI is InChI=1S/C14H23N5S/c1-4-19(11-5-6-11)8-7-16-14-12(13(15)20)9(2)10(3)17-18-14/h11H,4-8H2,1-3H3,(H2,15,20)(H,16,18). The van der Waals surface area contributed by atoms with Crippen LogP contribution >= 0.6 is 12.2 Å². The van der Waals surface area contributed by atoms with Gasteiger partial charge in [0, 0.05) is 19.1 Å². The van der Waals surface area contributed by atoms with Crippen LogP contribution in [0.25, 0.3) is 0 Å². The Morgan fingerprint density at radius 2 is 2.10 bits per heavy atom. The summed E-state index contributed by atoms with van der Waals surface area (Å²) in [6, 6.07) is 0.780. The third-order valence-corrected chi connectivity index (χ3v) is 4.07. The predicted octanol–water partition coefficient (Wildman–Crippen LogP) is 1.62. The summed E-state index contributed by atoms with van der Waals surface area (Å²) in [5.74, 6) is 0.701. The van der Waals surface area contributed by atoms with Crippen molar-refractivity contribution in [3.05, 3.63) is 16.8 Å². The van der Waals surface area contributed by atoms with Gasteiger partial charge in [0.1, 0.15) is 4.99 Å². The van der Waals surface area contributed by atoms with Crippen molar-refractivity contribution in [2.45, 2.75) is 39.7 Å². The van der Waals surface area contributed by atoms with Crippen LogP contribution in [0, 0.1) is 13.8 Å². The van der Waals surface area contributed by atoms with E-state index in [4.69, 9.17) is 18.0 Å². The van der Waals surface area contributed by atoms with Crippen LogP contribution in [0.4, 0.5) is 5.82 Å². The average molecular weight is 293 g/mol. The van der Waals surface area contributed by atoms with Crippen LogP contribution in [0.15, 0.2) is 0 Å². The number of aryl methyl sites for hydroxylation is 1. The number of likely N-dealkylation sites (N-methyl/N-ethyl adjacent to an activating group) is 1. The Morgan fingerprint density at radius 3 is 2.65 bits per heavy atom. The fourth-order valence-electron chi connectivity index (χ4n) is 2.39. The lowest BCUT2D eigenvalue weighted by Crippen LogP contribution is -2.31. The molecule has 1 aromatic rings. The van der Waals surface area contributed by atoms with E-state index in [1.54, 1.807) is 0 Å². The van der Waals surface area contributed by atoms with Gasteiger partial charge in [-0.1, -0.05) is 19.1 Å². The summed E-state index contributed by atoms with van der Waals surface area (Å²) in [5, 5.41) is 11.7. The summed E-state index contributed by atoms with van der Waals surface area (Å²) in [7, 11) is 0. The quantitative estimate of drug-likeness (QED) is 0.745. The van der Waals surface area contributed by atoms with E-state index in [-0.39, 0.29) is 0 Å². The Morgan fingerprint density at radius 1 is 1.40 bits per heavy atom. The molecular formula is C14H23N5S. The van der Waals surface area contributed by atoms with Gasteiger partial charge in [-0.15, -0.1) is 5.10 Å². The van der Waals surface area contributed by atoms with Gasteiger partial charge in [-0.25, -0.2) is 0 Å². The highest BCUT2D eigenvalue weighted by molar-refractivity contribution is 7.80. The van der Waals surface area contributed by atoms with Crippen molar-refractivity contribution < 1.29 is 0 Å². The summed E-state index contributed by atoms with van der Waals surface area (Å²) >= 11 is 5.13. The highest BCUT2D eigenvalue weighted by Gasteiger charge is 2.27. The molecule has 1 aromatic heterocycles. The molecule has 0 atom stereocenters. The lowest BCUT2D eigenvalue weighted by atomic mass is 10.1. The maximum atomic E-state index is 5.81. The molecule has 0 amide bonds. The number of nitrogens with two attached hydrogens (primary N) is 1. The second-order valence-corrected chi connectivity index (χ2v) is 5.72. The van der Waals surface area contributed by atoms with Crippen LogP contribution in [0.2, 0.25) is 0 Å². The number of aromatic nitrogens is 2. The fourth-order valence-corrected chi connectivity index (χ4v) is 2.64. The highest BCUT2D eigenvalue weighted by atomic mass is 32.1. The first-order chi connectivity index (χ1) is 9.54. The van der Waals surface area contributed by atoms with E-state index in [9.17, 15) is 0 Å². The smallest absolute Gasteiger partial charge is 0.159 e. The molecule has 1 fully saturated rings. The maximum absolute atomic E-state index is 5.81. The Kier molecular flexibility index (Phi) is 4.88. The summed E-state index contributed by atoms with van der Waals surface area (Å²) < 4.78 is 0. The van der Waals surface area contributed by atoms with Gasteiger partial charge in [-0.05, 0) is 38.8 Å². The van der Waals surface area contributed by atoms with Crippen molar-refractivity contribution in [1.29, 1.82) is 0 Å². The van der Waals surface area contributed by atoms with Crippen molar-refractivity contribution in [2.75, 3.05) is 25.0 Å². The van der Waals surface area contributed by atoms with Crippen LogP contribution in [0.5, 0.6) is 0 Å². The van der Waals surface area contributed by atoms with Gasteiger partial charge in [0.05, 0.1) is 11.3 Å². The molecule has 1 aliphatic carbocycles. The predicted molar refractivity (Wildman–Crippen MR) is 86.2 cm³/mol. The van der Waals surface area contributed by atoms with Gasteiger partial charge in [0.15, 0.2) is 5.82 Å². The number of rotatable bonds is 7. The zero-order chi connectivity index (χ0) is 14.7. The van der Waals surface area contributed by atoms with Crippen molar-refractivity contribution in [3.63, 3.8) is 0 Å². The zero-order valence-corrected chi connectivity index (χ0v) is 13.3. The van der Waals surface area contributed by atoms with E-state index in [1.165, 1.54) is 12.8 Å². The molecule has 0 aromatic carbocycles. The molecule has 1 heterocycles. The van der Waals surface area contributed by atoms with Crippen LogP contribution in [0.3, 0.4) is 0 Å². The third-order valence-electron chi connectivity index (χ3n) is 3.86. The largest absolute Gasteiger partial charge is 0.389 e. The molecule has 0 saturated heterocycles. The Labute approximate surface area is 125 Å². The van der Waals surface area contributed by atoms with Crippen LogP contribution in [0.1, 0.15) is 36.6 Å². The first-order valence-corrected chi connectivity index (χ1v) is 7.57.